The van der Waals surface area contributed by atoms with E-state index >= 15 is 0 Å². The molecule has 0 spiro atoms. The third-order valence-corrected chi connectivity index (χ3v) is 10.0. The second-order valence-electron chi connectivity index (χ2n) is 12.8. The Morgan fingerprint density at radius 1 is 0.860 bits per heavy atom. The summed E-state index contributed by atoms with van der Waals surface area (Å²) < 4.78 is 12.1. The van der Waals surface area contributed by atoms with E-state index in [4.69, 9.17) is 14.5 Å². The Balaban J connectivity index is 0.00000368. The van der Waals surface area contributed by atoms with Gasteiger partial charge in [0.25, 0.3) is 5.91 Å². The molecule has 2 aliphatic carbocycles. The predicted octanol–water partition coefficient (Wildman–Crippen LogP) is 7.65. The second kappa shape index (κ2) is 14.5. The highest BCUT2D eigenvalue weighted by Gasteiger charge is 2.37. The van der Waals surface area contributed by atoms with E-state index in [1.807, 2.05) is 13.8 Å². The van der Waals surface area contributed by atoms with Crippen LogP contribution in [0, 0.1) is 0 Å². The van der Waals surface area contributed by atoms with Gasteiger partial charge in [0.1, 0.15) is 0 Å². The molecule has 0 bridgehead atoms. The summed E-state index contributed by atoms with van der Waals surface area (Å²) >= 11 is 0. The number of likely N-dealkylation sites (tertiary alicyclic amines) is 1. The lowest BCUT2D eigenvalue weighted by Crippen LogP contribution is -2.48. The van der Waals surface area contributed by atoms with Gasteiger partial charge in [-0.15, -0.1) is 12.4 Å². The van der Waals surface area contributed by atoms with E-state index in [1.165, 1.54) is 44.1 Å². The minimum Gasteiger partial charge on any atom is -0.490 e. The van der Waals surface area contributed by atoms with Gasteiger partial charge in [-0.05, 0) is 89.4 Å². The summed E-state index contributed by atoms with van der Waals surface area (Å²) in [6.45, 7) is 7.24. The molecule has 2 aromatic carbocycles. The molecule has 3 fully saturated rings. The molecule has 2 heterocycles. The van der Waals surface area contributed by atoms with Crippen molar-refractivity contribution in [3.8, 4) is 11.5 Å². The molecule has 0 N–H and O–H groups in total. The van der Waals surface area contributed by atoms with Crippen molar-refractivity contribution in [3.63, 3.8) is 0 Å². The largest absolute Gasteiger partial charge is 0.490 e. The third kappa shape index (κ3) is 6.76. The van der Waals surface area contributed by atoms with Crippen LogP contribution in [-0.2, 0) is 0 Å². The molecule has 1 saturated heterocycles. The molecule has 6 nitrogen and oxygen atoms in total. The van der Waals surface area contributed by atoms with Crippen molar-refractivity contribution in [2.45, 2.75) is 109 Å². The second-order valence-corrected chi connectivity index (χ2v) is 12.8. The van der Waals surface area contributed by atoms with Crippen LogP contribution in [0.5, 0.6) is 11.5 Å². The van der Waals surface area contributed by atoms with Gasteiger partial charge < -0.3 is 19.3 Å². The fourth-order valence-electron chi connectivity index (χ4n) is 7.92. The number of aliphatic imine (C=N–C) groups is 1. The number of carbonyl (C=O) groups is 1. The lowest BCUT2D eigenvalue weighted by Gasteiger charge is -2.42. The highest BCUT2D eigenvalue weighted by Crippen LogP contribution is 2.42. The van der Waals surface area contributed by atoms with Gasteiger partial charge in [-0.1, -0.05) is 50.7 Å². The van der Waals surface area contributed by atoms with E-state index in [9.17, 15) is 4.79 Å². The van der Waals surface area contributed by atoms with Crippen LogP contribution in [0.2, 0.25) is 0 Å². The lowest BCUT2D eigenvalue weighted by molar-refractivity contribution is 0.0448. The van der Waals surface area contributed by atoms with Crippen molar-refractivity contribution in [1.82, 2.24) is 9.80 Å². The topological polar surface area (TPSA) is 54.4 Å². The highest BCUT2D eigenvalue weighted by molar-refractivity contribution is 6.15. The number of piperidine rings is 1. The van der Waals surface area contributed by atoms with Crippen LogP contribution in [0.1, 0.15) is 117 Å². The summed E-state index contributed by atoms with van der Waals surface area (Å²) in [7, 11) is 2.20. The van der Waals surface area contributed by atoms with Crippen molar-refractivity contribution < 1.29 is 14.3 Å². The molecule has 7 heteroatoms. The van der Waals surface area contributed by atoms with Crippen LogP contribution in [-0.4, -0.2) is 72.9 Å². The SMILES string of the molecule is CCOc1cc2c(cc1OCC)C1CN(C)CCC1N=C2c1ccc(C(=O)N(C2CCCCC2)C2CCCCC2)cc1.Cl. The fourth-order valence-corrected chi connectivity index (χ4v) is 7.92. The highest BCUT2D eigenvalue weighted by atomic mass is 35.5. The first-order chi connectivity index (χ1) is 20.6. The molecule has 2 aromatic rings. The Labute approximate surface area is 264 Å². The van der Waals surface area contributed by atoms with E-state index in [0.29, 0.717) is 31.2 Å². The molecule has 2 aliphatic heterocycles. The lowest BCUT2D eigenvalue weighted by atomic mass is 9.79. The van der Waals surface area contributed by atoms with Gasteiger partial charge in [0.2, 0.25) is 0 Å². The third-order valence-electron chi connectivity index (χ3n) is 10.0. The number of benzene rings is 2. The van der Waals surface area contributed by atoms with Gasteiger partial charge in [0.15, 0.2) is 11.5 Å². The smallest absolute Gasteiger partial charge is 0.254 e. The van der Waals surface area contributed by atoms with Crippen molar-refractivity contribution >= 4 is 24.0 Å². The van der Waals surface area contributed by atoms with E-state index < -0.39 is 0 Å². The Hall–Kier alpha value is -2.57. The van der Waals surface area contributed by atoms with Gasteiger partial charge in [-0.3, -0.25) is 9.79 Å². The number of hydrogen-bond donors (Lipinski definition) is 0. The van der Waals surface area contributed by atoms with E-state index in [-0.39, 0.29) is 24.4 Å². The number of likely N-dealkylation sites (N-methyl/N-ethyl adjacent to an activating group) is 1. The number of halogens is 1. The van der Waals surface area contributed by atoms with Gasteiger partial charge in [-0.25, -0.2) is 0 Å². The van der Waals surface area contributed by atoms with Crippen molar-refractivity contribution in [1.29, 1.82) is 0 Å². The van der Waals surface area contributed by atoms with E-state index in [1.54, 1.807) is 0 Å². The van der Waals surface area contributed by atoms with Crippen LogP contribution < -0.4 is 9.47 Å². The zero-order valence-corrected chi connectivity index (χ0v) is 27.2. The molecule has 2 unspecified atom stereocenters. The van der Waals surface area contributed by atoms with Crippen molar-refractivity contribution in [2.24, 2.45) is 4.99 Å². The first kappa shape index (κ1) is 31.8. The van der Waals surface area contributed by atoms with Crippen LogP contribution in [0.15, 0.2) is 41.4 Å². The Morgan fingerprint density at radius 2 is 1.44 bits per heavy atom. The average molecular weight is 608 g/mol. The van der Waals surface area contributed by atoms with Gasteiger partial charge in [0.05, 0.1) is 25.0 Å². The standard InChI is InChI=1S/C36H49N3O3.ClH/c1-4-41-33-22-29-30(23-34(33)42-5-2)35(37-32-20-21-38(3)24-31(29)32)25-16-18-26(19-17-25)36(40)39(27-12-8-6-9-13-27)28-14-10-7-11-15-28;/h16-19,22-23,27-28,31-32H,4-15,20-21,24H2,1-3H3;1H. The number of fused-ring (bicyclic) bond motifs is 3. The molecular weight excluding hydrogens is 558 g/mol. The molecule has 2 saturated carbocycles. The van der Waals surface area contributed by atoms with Crippen LogP contribution in [0.4, 0.5) is 0 Å². The first-order valence-corrected chi connectivity index (χ1v) is 16.7. The monoisotopic (exact) mass is 607 g/mol. The molecule has 1 amide bonds. The van der Waals surface area contributed by atoms with Crippen molar-refractivity contribution in [3.05, 3.63) is 58.7 Å². The Morgan fingerprint density at radius 3 is 2.02 bits per heavy atom. The molecule has 0 radical (unpaired) electrons. The zero-order valence-electron chi connectivity index (χ0n) is 26.4. The van der Waals surface area contributed by atoms with Crippen LogP contribution in [0.3, 0.4) is 0 Å². The number of amides is 1. The normalized spacial score (nSPS) is 22.9. The minimum atomic E-state index is 0. The summed E-state index contributed by atoms with van der Waals surface area (Å²) in [5.41, 5.74) is 5.31. The molecule has 2 atom stereocenters. The average Bonchev–Trinajstić information content (AvgIpc) is 3.03. The Bertz CT molecular complexity index is 1250. The van der Waals surface area contributed by atoms with E-state index in [2.05, 4.69) is 53.2 Å². The Kier molecular flexibility index (Phi) is 10.7. The number of nitrogens with zero attached hydrogens (tertiary/aromatic N) is 3. The summed E-state index contributed by atoms with van der Waals surface area (Å²) in [5, 5.41) is 0. The van der Waals surface area contributed by atoms with Crippen LogP contribution in [0.25, 0.3) is 0 Å². The minimum absolute atomic E-state index is 0. The molecular formula is C36H50ClN3O3. The summed E-state index contributed by atoms with van der Waals surface area (Å²) in [5.74, 6) is 2.15. The summed E-state index contributed by atoms with van der Waals surface area (Å²) in [6.07, 6.45) is 13.2. The predicted molar refractivity (Wildman–Crippen MR) is 177 cm³/mol. The fraction of sp³-hybridized carbons (Fsp3) is 0.611. The van der Waals surface area contributed by atoms with Gasteiger partial charge in [-0.2, -0.15) is 0 Å². The quantitative estimate of drug-likeness (QED) is 0.309. The number of carbonyl (C=O) groups excluding carboxylic acids is 1. The molecule has 43 heavy (non-hydrogen) atoms. The van der Waals surface area contributed by atoms with Crippen LogP contribution >= 0.6 is 12.4 Å². The molecule has 234 valence electrons. The molecule has 6 rings (SSSR count). The number of hydrogen-bond acceptors (Lipinski definition) is 5. The van der Waals surface area contributed by atoms with Gasteiger partial charge in [0, 0.05) is 41.2 Å². The first-order valence-electron chi connectivity index (χ1n) is 16.7. The van der Waals surface area contributed by atoms with Crippen molar-refractivity contribution in [2.75, 3.05) is 33.4 Å². The molecule has 4 aliphatic rings. The maximum Gasteiger partial charge on any atom is 0.254 e. The zero-order chi connectivity index (χ0) is 29.1. The number of ether oxygens (including phenoxy) is 2. The summed E-state index contributed by atoms with van der Waals surface area (Å²) in [6, 6.07) is 13.7. The maximum absolute atomic E-state index is 14.1. The number of rotatable bonds is 8. The van der Waals surface area contributed by atoms with Gasteiger partial charge >= 0.3 is 0 Å². The molecule has 0 aromatic heterocycles. The maximum atomic E-state index is 14.1. The summed E-state index contributed by atoms with van der Waals surface area (Å²) in [4.78, 5) is 24.2. The van der Waals surface area contributed by atoms with E-state index in [0.717, 1.165) is 79.1 Å².